The Labute approximate surface area is 138 Å². The van der Waals surface area contributed by atoms with E-state index in [1.54, 1.807) is 13.0 Å². The van der Waals surface area contributed by atoms with Gasteiger partial charge in [-0.25, -0.2) is 22.8 Å². The molecule has 2 aromatic heterocycles. The van der Waals surface area contributed by atoms with Crippen molar-refractivity contribution in [2.45, 2.75) is 18.7 Å². The van der Waals surface area contributed by atoms with Gasteiger partial charge in [-0.15, -0.1) is 0 Å². The maximum atomic E-state index is 14.0. The molecule has 2 heterocycles. The molecule has 0 radical (unpaired) electrons. The first-order chi connectivity index (χ1) is 11.4. The van der Waals surface area contributed by atoms with Crippen molar-refractivity contribution in [3.8, 4) is 5.95 Å². The van der Waals surface area contributed by atoms with E-state index in [0.717, 1.165) is 6.07 Å². The third-order valence-electron chi connectivity index (χ3n) is 3.24. The third-order valence-corrected chi connectivity index (χ3v) is 4.78. The Balaban J connectivity index is 2.06. The molecule has 3 aromatic rings. The zero-order valence-electron chi connectivity index (χ0n) is 12.9. The number of hydrogen-bond acceptors (Lipinski definition) is 5. The first-order valence-corrected chi connectivity index (χ1v) is 8.49. The van der Waals surface area contributed by atoms with Gasteiger partial charge in [-0.2, -0.15) is 9.78 Å². The summed E-state index contributed by atoms with van der Waals surface area (Å²) in [5, 5.41) is 4.17. The number of rotatable bonds is 4. The van der Waals surface area contributed by atoms with Gasteiger partial charge in [0, 0.05) is 18.5 Å². The van der Waals surface area contributed by atoms with Crippen LogP contribution in [0.1, 0.15) is 11.3 Å². The van der Waals surface area contributed by atoms with Gasteiger partial charge in [0.1, 0.15) is 16.5 Å². The second-order valence-electron chi connectivity index (χ2n) is 5.12. The molecule has 0 aliphatic carbocycles. The number of benzene rings is 1. The van der Waals surface area contributed by atoms with Crippen LogP contribution in [0.25, 0.3) is 5.95 Å². The summed E-state index contributed by atoms with van der Waals surface area (Å²) in [6, 6.07) is 7.23. The highest BCUT2D eigenvalue weighted by atomic mass is 32.2. The van der Waals surface area contributed by atoms with Crippen molar-refractivity contribution < 1.29 is 12.8 Å². The summed E-state index contributed by atoms with van der Waals surface area (Å²) in [6.07, 6.45) is 3.03. The molecule has 0 amide bonds. The first kappa shape index (κ1) is 16.1. The Bertz CT molecular complexity index is 966. The molecule has 0 fully saturated rings. The minimum Gasteiger partial charge on any atom is -0.263 e. The van der Waals surface area contributed by atoms with Crippen LogP contribution >= 0.6 is 0 Å². The zero-order chi connectivity index (χ0) is 17.3. The van der Waals surface area contributed by atoms with Crippen LogP contribution in [0.5, 0.6) is 0 Å². The molecule has 0 spiro atoms. The average molecular weight is 347 g/mol. The summed E-state index contributed by atoms with van der Waals surface area (Å²) in [5.41, 5.74) is 0.867. The van der Waals surface area contributed by atoms with Crippen molar-refractivity contribution in [2.75, 3.05) is 4.72 Å². The molecule has 0 saturated heterocycles. The van der Waals surface area contributed by atoms with E-state index in [9.17, 15) is 12.8 Å². The minimum absolute atomic E-state index is 0.126. The number of halogens is 1. The molecule has 0 aliphatic rings. The maximum Gasteiger partial charge on any atom is 0.266 e. The van der Waals surface area contributed by atoms with E-state index < -0.39 is 20.7 Å². The molecule has 0 bridgehead atoms. The second-order valence-corrected chi connectivity index (χ2v) is 6.74. The van der Waals surface area contributed by atoms with E-state index in [-0.39, 0.29) is 11.8 Å². The number of nitrogens with one attached hydrogen (secondary N) is 1. The number of sulfonamides is 1. The van der Waals surface area contributed by atoms with Gasteiger partial charge in [0.05, 0.1) is 5.69 Å². The second kappa shape index (κ2) is 6.00. The molecular formula is C15H14FN5O2S. The fraction of sp³-hybridized carbons (Fsp3) is 0.133. The SMILES string of the molecule is Cc1cc(NS(=O)(=O)c2c(C)cccc2F)n(-c2ncccn2)n1. The van der Waals surface area contributed by atoms with Gasteiger partial charge >= 0.3 is 0 Å². The minimum atomic E-state index is -4.13. The molecule has 9 heteroatoms. The van der Waals surface area contributed by atoms with Crippen molar-refractivity contribution in [3.63, 3.8) is 0 Å². The van der Waals surface area contributed by atoms with Crippen LogP contribution in [0.2, 0.25) is 0 Å². The predicted octanol–water partition coefficient (Wildman–Crippen LogP) is 2.22. The smallest absolute Gasteiger partial charge is 0.263 e. The molecule has 7 nitrogen and oxygen atoms in total. The van der Waals surface area contributed by atoms with Crippen LogP contribution in [0.15, 0.2) is 47.6 Å². The number of nitrogens with zero attached hydrogens (tertiary/aromatic N) is 4. The third kappa shape index (κ3) is 2.98. The standard InChI is InChI=1S/C15H14FN5O2S/c1-10-5-3-6-12(16)14(10)24(22,23)20-13-9-11(2)19-21(13)15-17-7-4-8-18-15/h3-9,20H,1-2H3. The Kier molecular flexibility index (Phi) is 4.02. The first-order valence-electron chi connectivity index (χ1n) is 7.00. The maximum absolute atomic E-state index is 14.0. The summed E-state index contributed by atoms with van der Waals surface area (Å²) in [5.74, 6) is -0.490. The van der Waals surface area contributed by atoms with Crippen molar-refractivity contribution in [1.82, 2.24) is 19.7 Å². The topological polar surface area (TPSA) is 89.8 Å². The lowest BCUT2D eigenvalue weighted by Crippen LogP contribution is -2.18. The van der Waals surface area contributed by atoms with Gasteiger partial charge in [-0.1, -0.05) is 12.1 Å². The number of hydrogen-bond donors (Lipinski definition) is 1. The monoisotopic (exact) mass is 347 g/mol. The lowest BCUT2D eigenvalue weighted by molar-refractivity contribution is 0.567. The Hall–Kier alpha value is -2.81. The van der Waals surface area contributed by atoms with Gasteiger partial charge in [0.15, 0.2) is 0 Å². The largest absolute Gasteiger partial charge is 0.266 e. The van der Waals surface area contributed by atoms with E-state index in [1.807, 2.05) is 0 Å². The Morgan fingerprint density at radius 1 is 1.12 bits per heavy atom. The van der Waals surface area contributed by atoms with Crippen LogP contribution in [-0.4, -0.2) is 28.2 Å². The quantitative estimate of drug-likeness (QED) is 0.781. The fourth-order valence-corrected chi connectivity index (χ4v) is 3.61. The van der Waals surface area contributed by atoms with E-state index in [0.29, 0.717) is 11.3 Å². The van der Waals surface area contributed by atoms with Crippen LogP contribution in [-0.2, 0) is 10.0 Å². The van der Waals surface area contributed by atoms with Crippen molar-refractivity contribution in [1.29, 1.82) is 0 Å². The Morgan fingerprint density at radius 2 is 1.83 bits per heavy atom. The average Bonchev–Trinajstić information content (AvgIpc) is 2.87. The highest BCUT2D eigenvalue weighted by Gasteiger charge is 2.24. The van der Waals surface area contributed by atoms with Crippen LogP contribution in [0.4, 0.5) is 10.2 Å². The van der Waals surface area contributed by atoms with Crippen molar-refractivity contribution in [3.05, 3.63) is 59.8 Å². The highest BCUT2D eigenvalue weighted by molar-refractivity contribution is 7.92. The number of anilines is 1. The van der Waals surface area contributed by atoms with E-state index in [1.165, 1.54) is 42.2 Å². The van der Waals surface area contributed by atoms with Gasteiger partial charge in [-0.05, 0) is 31.5 Å². The van der Waals surface area contributed by atoms with E-state index in [2.05, 4.69) is 19.8 Å². The lowest BCUT2D eigenvalue weighted by Gasteiger charge is -2.11. The van der Waals surface area contributed by atoms with E-state index >= 15 is 0 Å². The summed E-state index contributed by atoms with van der Waals surface area (Å²) in [6.45, 7) is 3.23. The highest BCUT2D eigenvalue weighted by Crippen LogP contribution is 2.23. The summed E-state index contributed by atoms with van der Waals surface area (Å²) in [7, 11) is -4.13. The lowest BCUT2D eigenvalue weighted by atomic mass is 10.2. The number of aromatic nitrogens is 4. The molecule has 1 N–H and O–H groups in total. The molecule has 0 atom stereocenters. The van der Waals surface area contributed by atoms with Crippen molar-refractivity contribution >= 4 is 15.8 Å². The van der Waals surface area contributed by atoms with Crippen LogP contribution < -0.4 is 4.72 Å². The summed E-state index contributed by atoms with van der Waals surface area (Å²) < 4.78 is 42.8. The predicted molar refractivity (Wildman–Crippen MR) is 85.8 cm³/mol. The van der Waals surface area contributed by atoms with Gasteiger partial charge in [0.2, 0.25) is 0 Å². The van der Waals surface area contributed by atoms with Crippen LogP contribution in [0.3, 0.4) is 0 Å². The molecule has 24 heavy (non-hydrogen) atoms. The van der Waals surface area contributed by atoms with Gasteiger partial charge in [-0.3, -0.25) is 4.72 Å². The fourth-order valence-electron chi connectivity index (χ4n) is 2.27. The Morgan fingerprint density at radius 3 is 2.50 bits per heavy atom. The molecule has 0 unspecified atom stereocenters. The molecule has 0 aliphatic heterocycles. The van der Waals surface area contributed by atoms with Gasteiger partial charge in [0.25, 0.3) is 16.0 Å². The summed E-state index contributed by atoms with van der Waals surface area (Å²) >= 11 is 0. The molecular weight excluding hydrogens is 333 g/mol. The van der Waals surface area contributed by atoms with Gasteiger partial charge < -0.3 is 0 Å². The molecule has 0 saturated carbocycles. The van der Waals surface area contributed by atoms with Crippen molar-refractivity contribution in [2.24, 2.45) is 0 Å². The normalized spacial score (nSPS) is 11.5. The zero-order valence-corrected chi connectivity index (χ0v) is 13.7. The number of aryl methyl sites for hydroxylation is 2. The molecule has 3 rings (SSSR count). The summed E-state index contributed by atoms with van der Waals surface area (Å²) in [4.78, 5) is 7.68. The molecule has 124 valence electrons. The van der Waals surface area contributed by atoms with E-state index in [4.69, 9.17) is 0 Å². The molecule has 1 aromatic carbocycles. The van der Waals surface area contributed by atoms with Crippen LogP contribution in [0, 0.1) is 19.7 Å².